The van der Waals surface area contributed by atoms with Gasteiger partial charge in [-0.05, 0) is 79.8 Å². The lowest BCUT2D eigenvalue weighted by Crippen LogP contribution is -2.25. The van der Waals surface area contributed by atoms with Gasteiger partial charge in [-0.25, -0.2) is 0 Å². The van der Waals surface area contributed by atoms with E-state index in [1.165, 1.54) is 0 Å². The Kier molecular flexibility index (Phi) is 4.80. The third-order valence-corrected chi connectivity index (χ3v) is 4.75. The molecule has 5 heteroatoms. The number of carbonyl (C=O) groups is 1. The summed E-state index contributed by atoms with van der Waals surface area (Å²) in [4.78, 5) is 13.9. The molecule has 0 aliphatic rings. The number of thiophene rings is 1. The third-order valence-electron chi connectivity index (χ3n) is 2.48. The Morgan fingerprint density at radius 1 is 1.39 bits per heavy atom. The van der Waals surface area contributed by atoms with E-state index >= 15 is 0 Å². The molecule has 1 heterocycles. The molecule has 2 aromatic rings. The third kappa shape index (κ3) is 3.55. The molecule has 0 fully saturated rings. The minimum absolute atomic E-state index is 0.0497. The summed E-state index contributed by atoms with van der Waals surface area (Å²) in [7, 11) is 1.83. The number of benzene rings is 1. The van der Waals surface area contributed by atoms with Crippen LogP contribution in [0.4, 0.5) is 0 Å². The molecule has 0 aliphatic carbocycles. The van der Waals surface area contributed by atoms with Crippen molar-refractivity contribution in [1.82, 2.24) is 4.90 Å². The molecule has 18 heavy (non-hydrogen) atoms. The van der Waals surface area contributed by atoms with Crippen LogP contribution in [0.3, 0.4) is 0 Å². The molecule has 1 aromatic carbocycles. The lowest BCUT2D eigenvalue weighted by molar-refractivity contribution is 0.0785. The van der Waals surface area contributed by atoms with Gasteiger partial charge in [-0.2, -0.15) is 0 Å². The van der Waals surface area contributed by atoms with E-state index in [0.29, 0.717) is 6.54 Å². The maximum atomic E-state index is 12.2. The molecular weight excluding hydrogens is 425 g/mol. The highest BCUT2D eigenvalue weighted by molar-refractivity contribution is 14.1. The van der Waals surface area contributed by atoms with Gasteiger partial charge >= 0.3 is 0 Å². The molecule has 0 unspecified atom stereocenters. The monoisotopic (exact) mass is 435 g/mol. The van der Waals surface area contributed by atoms with Gasteiger partial charge in [0.1, 0.15) is 0 Å². The van der Waals surface area contributed by atoms with E-state index in [2.05, 4.69) is 43.9 Å². The molecule has 0 aliphatic heterocycles. The van der Waals surface area contributed by atoms with Gasteiger partial charge in [0.2, 0.25) is 0 Å². The quantitative estimate of drug-likeness (QED) is 0.655. The maximum absolute atomic E-state index is 12.2. The van der Waals surface area contributed by atoms with Crippen LogP contribution in [-0.4, -0.2) is 17.9 Å². The molecule has 94 valence electrons. The molecule has 1 aromatic heterocycles. The fourth-order valence-corrected chi connectivity index (χ4v) is 3.15. The smallest absolute Gasteiger partial charge is 0.253 e. The average molecular weight is 436 g/mol. The van der Waals surface area contributed by atoms with E-state index < -0.39 is 0 Å². The summed E-state index contributed by atoms with van der Waals surface area (Å²) in [6.07, 6.45) is 0. The second-order valence-corrected chi connectivity index (χ2v) is 7.46. The SMILES string of the molecule is CN(Cc1csc(Br)c1)C(=O)c1ccc(I)cc1. The van der Waals surface area contributed by atoms with Gasteiger partial charge in [0, 0.05) is 22.7 Å². The molecule has 2 nitrogen and oxygen atoms in total. The Bertz CT molecular complexity index is 552. The van der Waals surface area contributed by atoms with E-state index in [9.17, 15) is 4.79 Å². The van der Waals surface area contributed by atoms with Crippen molar-refractivity contribution in [1.29, 1.82) is 0 Å². The summed E-state index contributed by atoms with van der Waals surface area (Å²) in [5, 5.41) is 2.06. The normalized spacial score (nSPS) is 10.4. The van der Waals surface area contributed by atoms with Gasteiger partial charge in [0.15, 0.2) is 0 Å². The Morgan fingerprint density at radius 2 is 2.06 bits per heavy atom. The van der Waals surface area contributed by atoms with E-state index in [0.717, 1.165) is 18.5 Å². The summed E-state index contributed by atoms with van der Waals surface area (Å²) in [5.41, 5.74) is 1.88. The van der Waals surface area contributed by atoms with Gasteiger partial charge in [0.05, 0.1) is 3.79 Å². The highest BCUT2D eigenvalue weighted by Gasteiger charge is 2.12. The molecule has 1 amide bonds. The first-order valence-corrected chi connectivity index (χ1v) is 8.05. The maximum Gasteiger partial charge on any atom is 0.253 e. The first kappa shape index (κ1) is 14.0. The number of hydrogen-bond donors (Lipinski definition) is 0. The number of nitrogens with zero attached hydrogens (tertiary/aromatic N) is 1. The first-order valence-electron chi connectivity index (χ1n) is 5.30. The van der Waals surface area contributed by atoms with E-state index in [1.54, 1.807) is 16.2 Å². The molecule has 0 N–H and O–H groups in total. The summed E-state index contributed by atoms with van der Waals surface area (Å²) < 4.78 is 2.22. The Labute approximate surface area is 132 Å². The van der Waals surface area contributed by atoms with Gasteiger partial charge in [-0.3, -0.25) is 4.79 Å². The van der Waals surface area contributed by atoms with Crippen molar-refractivity contribution < 1.29 is 4.79 Å². The molecule has 0 saturated carbocycles. The lowest BCUT2D eigenvalue weighted by atomic mass is 10.2. The predicted molar refractivity (Wildman–Crippen MR) is 87.0 cm³/mol. The van der Waals surface area contributed by atoms with E-state index in [-0.39, 0.29) is 5.91 Å². The second-order valence-electron chi connectivity index (χ2n) is 3.93. The van der Waals surface area contributed by atoms with E-state index in [4.69, 9.17) is 0 Å². The van der Waals surface area contributed by atoms with Crippen LogP contribution in [0.2, 0.25) is 0 Å². The topological polar surface area (TPSA) is 20.3 Å². The highest BCUT2D eigenvalue weighted by Crippen LogP contribution is 2.22. The fraction of sp³-hybridized carbons (Fsp3) is 0.154. The van der Waals surface area contributed by atoms with Crippen LogP contribution in [0, 0.1) is 3.57 Å². The van der Waals surface area contributed by atoms with Gasteiger partial charge < -0.3 is 4.90 Å². The molecule has 2 rings (SSSR count). The zero-order chi connectivity index (χ0) is 13.1. The van der Waals surface area contributed by atoms with Crippen molar-refractivity contribution in [3.05, 3.63) is 54.2 Å². The van der Waals surface area contributed by atoms with Gasteiger partial charge in [0.25, 0.3) is 5.91 Å². The molecule has 0 bridgehead atoms. The summed E-state index contributed by atoms with van der Waals surface area (Å²) in [5.74, 6) is 0.0497. The van der Waals surface area contributed by atoms with Crippen LogP contribution in [0.25, 0.3) is 0 Å². The summed E-state index contributed by atoms with van der Waals surface area (Å²) in [6.45, 7) is 0.632. The average Bonchev–Trinajstić information content (AvgIpc) is 2.75. The Balaban J connectivity index is 2.07. The molecular formula is C13H11BrINOS. The van der Waals surface area contributed by atoms with Crippen molar-refractivity contribution in [3.63, 3.8) is 0 Å². The zero-order valence-corrected chi connectivity index (χ0v) is 14.3. The molecule has 0 spiro atoms. The number of halogens is 2. The minimum atomic E-state index is 0.0497. The Hall–Kier alpha value is -0.400. The summed E-state index contributed by atoms with van der Waals surface area (Å²) in [6, 6.07) is 9.67. The number of rotatable bonds is 3. The number of amides is 1. The summed E-state index contributed by atoms with van der Waals surface area (Å²) >= 11 is 7.29. The van der Waals surface area contributed by atoms with Crippen molar-refractivity contribution in [2.45, 2.75) is 6.54 Å². The molecule has 0 radical (unpaired) electrons. The largest absolute Gasteiger partial charge is 0.337 e. The number of carbonyl (C=O) groups excluding carboxylic acids is 1. The van der Waals surface area contributed by atoms with Crippen LogP contribution in [0.5, 0.6) is 0 Å². The van der Waals surface area contributed by atoms with Crippen molar-refractivity contribution in [3.8, 4) is 0 Å². The van der Waals surface area contributed by atoms with Crippen LogP contribution in [0.1, 0.15) is 15.9 Å². The van der Waals surface area contributed by atoms with Crippen molar-refractivity contribution >= 4 is 55.8 Å². The fourth-order valence-electron chi connectivity index (χ4n) is 1.59. The van der Waals surface area contributed by atoms with Crippen LogP contribution in [0.15, 0.2) is 39.5 Å². The second kappa shape index (κ2) is 6.16. The van der Waals surface area contributed by atoms with Crippen LogP contribution >= 0.6 is 49.9 Å². The first-order chi connectivity index (χ1) is 8.56. The number of hydrogen-bond acceptors (Lipinski definition) is 2. The standard InChI is InChI=1S/C13H11BrINOS/c1-16(7-9-6-12(14)18-8-9)13(17)10-2-4-11(15)5-3-10/h2-6,8H,7H2,1H3. The predicted octanol–water partition coefficient (Wildman–Crippen LogP) is 4.39. The molecule has 0 saturated heterocycles. The van der Waals surface area contributed by atoms with Gasteiger partial charge in [-0.1, -0.05) is 0 Å². The minimum Gasteiger partial charge on any atom is -0.337 e. The zero-order valence-electron chi connectivity index (χ0n) is 9.69. The van der Waals surface area contributed by atoms with Crippen molar-refractivity contribution in [2.24, 2.45) is 0 Å². The van der Waals surface area contributed by atoms with Crippen LogP contribution in [-0.2, 0) is 6.54 Å². The highest BCUT2D eigenvalue weighted by atomic mass is 127. The Morgan fingerprint density at radius 3 is 2.61 bits per heavy atom. The molecule has 0 atom stereocenters. The van der Waals surface area contributed by atoms with E-state index in [1.807, 2.05) is 37.4 Å². The van der Waals surface area contributed by atoms with Crippen LogP contribution < -0.4 is 0 Å². The lowest BCUT2D eigenvalue weighted by Gasteiger charge is -2.16. The van der Waals surface area contributed by atoms with Crippen molar-refractivity contribution in [2.75, 3.05) is 7.05 Å². The van der Waals surface area contributed by atoms with Gasteiger partial charge in [-0.15, -0.1) is 11.3 Å².